The summed E-state index contributed by atoms with van der Waals surface area (Å²) in [6.07, 6.45) is 4.91. The number of nitrogens with zero attached hydrogens (tertiary/aromatic N) is 2. The molecule has 1 saturated heterocycles. The van der Waals surface area contributed by atoms with E-state index in [4.69, 9.17) is 5.11 Å². The monoisotopic (exact) mass is 275 g/mol. The van der Waals surface area contributed by atoms with Crippen molar-refractivity contribution in [1.29, 1.82) is 0 Å². The van der Waals surface area contributed by atoms with E-state index in [0.717, 1.165) is 19.4 Å². The second kappa shape index (κ2) is 5.11. The highest BCUT2D eigenvalue weighted by atomic mass is 16.4. The van der Waals surface area contributed by atoms with E-state index in [-0.39, 0.29) is 18.1 Å². The van der Waals surface area contributed by atoms with Crippen LogP contribution < -0.4 is 5.32 Å². The average molecular weight is 275 g/mol. The summed E-state index contributed by atoms with van der Waals surface area (Å²) < 4.78 is 0. The van der Waals surface area contributed by atoms with Crippen LogP contribution in [0.25, 0.3) is 0 Å². The fraction of sp³-hybridized carbons (Fsp3) is 0.500. The molecule has 2 heterocycles. The molecule has 2 aliphatic rings. The second-order valence-corrected chi connectivity index (χ2v) is 5.48. The van der Waals surface area contributed by atoms with Crippen molar-refractivity contribution in [2.24, 2.45) is 5.92 Å². The molecule has 0 aromatic carbocycles. The molecule has 1 aliphatic carbocycles. The number of aromatic nitrogens is 1. The molecule has 2 atom stereocenters. The molecule has 2 N–H and O–H groups in total. The standard InChI is InChI=1S/C14H17N3O3/c18-13(19)10-3-4-15-11(6-10)7-16-14(20)17-8-9-1-2-12(17)5-9/h3-4,6,9,12H,1-2,5,7-8H2,(H,16,20)(H,18,19). The third-order valence-corrected chi connectivity index (χ3v) is 4.15. The minimum Gasteiger partial charge on any atom is -0.478 e. The van der Waals surface area contributed by atoms with Gasteiger partial charge in [0.05, 0.1) is 17.8 Å². The summed E-state index contributed by atoms with van der Waals surface area (Å²) in [4.78, 5) is 28.9. The molecule has 106 valence electrons. The fourth-order valence-electron chi connectivity index (χ4n) is 3.15. The molecule has 0 spiro atoms. The van der Waals surface area contributed by atoms with Crippen molar-refractivity contribution in [1.82, 2.24) is 15.2 Å². The van der Waals surface area contributed by atoms with Crippen LogP contribution in [0.4, 0.5) is 4.79 Å². The topological polar surface area (TPSA) is 82.5 Å². The number of fused-ring (bicyclic) bond motifs is 2. The summed E-state index contributed by atoms with van der Waals surface area (Å²) in [5.41, 5.74) is 0.743. The Morgan fingerprint density at radius 1 is 1.45 bits per heavy atom. The number of carboxylic acids is 1. The van der Waals surface area contributed by atoms with Crippen LogP contribution in [0.2, 0.25) is 0 Å². The maximum Gasteiger partial charge on any atom is 0.335 e. The van der Waals surface area contributed by atoms with Gasteiger partial charge >= 0.3 is 12.0 Å². The number of hydrogen-bond acceptors (Lipinski definition) is 3. The van der Waals surface area contributed by atoms with Gasteiger partial charge in [0.25, 0.3) is 0 Å². The van der Waals surface area contributed by atoms with Crippen molar-refractivity contribution >= 4 is 12.0 Å². The maximum absolute atomic E-state index is 12.1. The predicted octanol–water partition coefficient (Wildman–Crippen LogP) is 1.47. The maximum atomic E-state index is 12.1. The molecule has 2 fully saturated rings. The lowest BCUT2D eigenvalue weighted by molar-refractivity contribution is 0.0696. The Bertz CT molecular complexity index is 546. The molecule has 2 bridgehead atoms. The molecular weight excluding hydrogens is 258 g/mol. The quantitative estimate of drug-likeness (QED) is 0.875. The van der Waals surface area contributed by atoms with Crippen molar-refractivity contribution in [3.05, 3.63) is 29.6 Å². The van der Waals surface area contributed by atoms with Gasteiger partial charge in [0.1, 0.15) is 0 Å². The normalized spacial score (nSPS) is 23.9. The molecular formula is C14H17N3O3. The summed E-state index contributed by atoms with van der Waals surface area (Å²) >= 11 is 0. The zero-order valence-corrected chi connectivity index (χ0v) is 11.1. The predicted molar refractivity (Wildman–Crippen MR) is 71.3 cm³/mol. The Morgan fingerprint density at radius 2 is 2.30 bits per heavy atom. The molecule has 2 unspecified atom stereocenters. The van der Waals surface area contributed by atoms with Crippen molar-refractivity contribution in [3.8, 4) is 0 Å². The number of hydrogen-bond donors (Lipinski definition) is 2. The molecule has 0 radical (unpaired) electrons. The van der Waals surface area contributed by atoms with Gasteiger partial charge < -0.3 is 15.3 Å². The average Bonchev–Trinajstić information content (AvgIpc) is 3.07. The van der Waals surface area contributed by atoms with Crippen LogP contribution >= 0.6 is 0 Å². The fourth-order valence-corrected chi connectivity index (χ4v) is 3.15. The zero-order chi connectivity index (χ0) is 14.1. The van der Waals surface area contributed by atoms with Crippen LogP contribution in [0, 0.1) is 5.92 Å². The summed E-state index contributed by atoms with van der Waals surface area (Å²) in [5, 5.41) is 11.7. The number of carbonyl (C=O) groups is 2. The van der Waals surface area contributed by atoms with E-state index in [9.17, 15) is 9.59 Å². The first kappa shape index (κ1) is 12.9. The summed E-state index contributed by atoms with van der Waals surface area (Å²) in [6, 6.07) is 3.24. The van der Waals surface area contributed by atoms with E-state index in [1.54, 1.807) is 0 Å². The number of piperidine rings is 1. The van der Waals surface area contributed by atoms with Crippen LogP contribution in [0.15, 0.2) is 18.3 Å². The number of nitrogens with one attached hydrogen (secondary N) is 1. The van der Waals surface area contributed by atoms with Crippen LogP contribution in [0.1, 0.15) is 35.3 Å². The Hall–Kier alpha value is -2.11. The smallest absolute Gasteiger partial charge is 0.335 e. The molecule has 6 heteroatoms. The Morgan fingerprint density at radius 3 is 2.95 bits per heavy atom. The molecule has 1 aromatic rings. The minimum atomic E-state index is -0.989. The Labute approximate surface area is 116 Å². The van der Waals surface area contributed by atoms with Gasteiger partial charge in [-0.15, -0.1) is 0 Å². The molecule has 1 aliphatic heterocycles. The van der Waals surface area contributed by atoms with Crippen molar-refractivity contribution in [2.75, 3.05) is 6.54 Å². The Balaban J connectivity index is 1.58. The molecule has 1 saturated carbocycles. The number of carboxylic acid groups (broad SMARTS) is 1. The van der Waals surface area contributed by atoms with E-state index < -0.39 is 5.97 Å². The highest BCUT2D eigenvalue weighted by molar-refractivity contribution is 5.87. The van der Waals surface area contributed by atoms with E-state index >= 15 is 0 Å². The summed E-state index contributed by atoms with van der Waals surface area (Å²) in [5.74, 6) is -0.323. The van der Waals surface area contributed by atoms with E-state index in [1.165, 1.54) is 24.8 Å². The van der Waals surface area contributed by atoms with Crippen LogP contribution in [0.3, 0.4) is 0 Å². The number of rotatable bonds is 3. The molecule has 3 rings (SSSR count). The van der Waals surface area contributed by atoms with E-state index in [2.05, 4.69) is 10.3 Å². The van der Waals surface area contributed by atoms with Gasteiger partial charge in [-0.05, 0) is 37.3 Å². The van der Waals surface area contributed by atoms with Crippen molar-refractivity contribution in [2.45, 2.75) is 31.8 Å². The third-order valence-electron chi connectivity index (χ3n) is 4.15. The van der Waals surface area contributed by atoms with Gasteiger partial charge in [-0.2, -0.15) is 0 Å². The van der Waals surface area contributed by atoms with Crippen LogP contribution in [0.5, 0.6) is 0 Å². The number of pyridine rings is 1. The van der Waals surface area contributed by atoms with Gasteiger partial charge in [0.2, 0.25) is 0 Å². The molecule has 6 nitrogen and oxygen atoms in total. The van der Waals surface area contributed by atoms with E-state index in [1.807, 2.05) is 4.90 Å². The lowest BCUT2D eigenvalue weighted by Gasteiger charge is -2.27. The first-order valence-electron chi connectivity index (χ1n) is 6.86. The van der Waals surface area contributed by atoms with Crippen molar-refractivity contribution in [3.63, 3.8) is 0 Å². The number of likely N-dealkylation sites (tertiary alicyclic amines) is 1. The van der Waals surface area contributed by atoms with Crippen LogP contribution in [-0.2, 0) is 6.54 Å². The van der Waals surface area contributed by atoms with Gasteiger partial charge in [-0.1, -0.05) is 0 Å². The van der Waals surface area contributed by atoms with Gasteiger partial charge in [0.15, 0.2) is 0 Å². The first-order chi connectivity index (χ1) is 9.63. The first-order valence-corrected chi connectivity index (χ1v) is 6.86. The highest BCUT2D eigenvalue weighted by Gasteiger charge is 2.40. The Kier molecular flexibility index (Phi) is 3.30. The lowest BCUT2D eigenvalue weighted by Crippen LogP contribution is -2.44. The number of urea groups is 1. The highest BCUT2D eigenvalue weighted by Crippen LogP contribution is 2.37. The molecule has 20 heavy (non-hydrogen) atoms. The van der Waals surface area contributed by atoms with Crippen LogP contribution in [-0.4, -0.2) is 39.6 Å². The summed E-state index contributed by atoms with van der Waals surface area (Å²) in [7, 11) is 0. The lowest BCUT2D eigenvalue weighted by atomic mass is 10.1. The molecule has 1 aromatic heterocycles. The SMILES string of the molecule is O=C(O)c1ccnc(CNC(=O)N2CC3CCC2C3)c1. The molecule has 2 amide bonds. The minimum absolute atomic E-state index is 0.0697. The van der Waals surface area contributed by atoms with Gasteiger partial charge in [-0.25, -0.2) is 9.59 Å². The van der Waals surface area contributed by atoms with Gasteiger partial charge in [-0.3, -0.25) is 4.98 Å². The number of amides is 2. The van der Waals surface area contributed by atoms with Crippen molar-refractivity contribution < 1.29 is 14.7 Å². The second-order valence-electron chi connectivity index (χ2n) is 5.48. The largest absolute Gasteiger partial charge is 0.478 e. The third kappa shape index (κ3) is 2.45. The van der Waals surface area contributed by atoms with Gasteiger partial charge in [0, 0.05) is 18.8 Å². The number of aromatic carboxylic acids is 1. The zero-order valence-electron chi connectivity index (χ0n) is 11.1. The number of carbonyl (C=O) groups excluding carboxylic acids is 1. The summed E-state index contributed by atoms with van der Waals surface area (Å²) in [6.45, 7) is 1.10. The van der Waals surface area contributed by atoms with E-state index in [0.29, 0.717) is 17.7 Å².